The van der Waals surface area contributed by atoms with Crippen LogP contribution < -0.4 is 0 Å². The maximum atomic E-state index is 13.0. The van der Waals surface area contributed by atoms with Gasteiger partial charge >= 0.3 is 0 Å². The van der Waals surface area contributed by atoms with Gasteiger partial charge < -0.3 is 4.52 Å². The standard InChI is InChI=1S/C19H20FN5O2/c1-24-11-14(10-21-24)17(26)9-16-3-2-8-25(16)12-18-22-19(23-27-18)13-4-6-15(20)7-5-13/h4-7,10-11,16H,2-3,8-9,12H2,1H3/t16-/m1/s1. The molecule has 0 amide bonds. The molecule has 0 unspecified atom stereocenters. The molecule has 0 saturated carbocycles. The quantitative estimate of drug-likeness (QED) is 0.622. The van der Waals surface area contributed by atoms with E-state index in [2.05, 4.69) is 20.1 Å². The first kappa shape index (κ1) is 17.5. The molecule has 4 rings (SSSR count). The summed E-state index contributed by atoms with van der Waals surface area (Å²) in [5.41, 5.74) is 1.34. The zero-order chi connectivity index (χ0) is 18.8. The normalized spacial score (nSPS) is 17.5. The number of nitrogens with zero attached hydrogens (tertiary/aromatic N) is 5. The van der Waals surface area contributed by atoms with Crippen molar-refractivity contribution in [2.75, 3.05) is 6.54 Å². The summed E-state index contributed by atoms with van der Waals surface area (Å²) < 4.78 is 20.0. The molecule has 0 aliphatic carbocycles. The van der Waals surface area contributed by atoms with Gasteiger partial charge in [0.25, 0.3) is 0 Å². The molecule has 3 aromatic rings. The van der Waals surface area contributed by atoms with E-state index in [1.54, 1.807) is 36.3 Å². The van der Waals surface area contributed by atoms with Crippen LogP contribution >= 0.6 is 0 Å². The fraction of sp³-hybridized carbons (Fsp3) is 0.368. The van der Waals surface area contributed by atoms with Gasteiger partial charge in [0.1, 0.15) is 5.82 Å². The monoisotopic (exact) mass is 369 g/mol. The fourth-order valence-electron chi connectivity index (χ4n) is 3.44. The molecule has 7 nitrogen and oxygen atoms in total. The predicted octanol–water partition coefficient (Wildman–Crippen LogP) is 2.85. The van der Waals surface area contributed by atoms with Gasteiger partial charge in [-0.15, -0.1) is 0 Å². The van der Waals surface area contributed by atoms with Gasteiger partial charge in [-0.1, -0.05) is 5.16 Å². The minimum atomic E-state index is -0.305. The van der Waals surface area contributed by atoms with Crippen LogP contribution in [0, 0.1) is 5.82 Å². The maximum Gasteiger partial charge on any atom is 0.241 e. The summed E-state index contributed by atoms with van der Waals surface area (Å²) in [7, 11) is 1.80. The Morgan fingerprint density at radius 1 is 1.33 bits per heavy atom. The zero-order valence-corrected chi connectivity index (χ0v) is 15.0. The summed E-state index contributed by atoms with van der Waals surface area (Å²) >= 11 is 0. The number of halogens is 1. The molecule has 0 radical (unpaired) electrons. The predicted molar refractivity (Wildman–Crippen MR) is 95.3 cm³/mol. The second-order valence-electron chi connectivity index (χ2n) is 6.82. The van der Waals surface area contributed by atoms with E-state index in [0.717, 1.165) is 19.4 Å². The minimum absolute atomic E-state index is 0.0949. The van der Waals surface area contributed by atoms with Gasteiger partial charge in [-0.3, -0.25) is 14.4 Å². The Morgan fingerprint density at radius 2 is 2.15 bits per heavy atom. The SMILES string of the molecule is Cn1cc(C(=O)C[C@H]2CCCN2Cc2nc(-c3ccc(F)cc3)no2)cn1. The number of Topliss-reactive ketones (excluding diaryl/α,β-unsaturated/α-hetero) is 1. The molecule has 1 fully saturated rings. The molecule has 1 aromatic carbocycles. The van der Waals surface area contributed by atoms with Gasteiger partial charge in [0, 0.05) is 31.3 Å². The minimum Gasteiger partial charge on any atom is -0.338 e. The van der Waals surface area contributed by atoms with Crippen molar-refractivity contribution < 1.29 is 13.7 Å². The van der Waals surface area contributed by atoms with E-state index in [-0.39, 0.29) is 17.6 Å². The van der Waals surface area contributed by atoms with Crippen molar-refractivity contribution in [2.45, 2.75) is 31.8 Å². The third-order valence-electron chi connectivity index (χ3n) is 4.86. The Kier molecular flexibility index (Phi) is 4.81. The Morgan fingerprint density at radius 3 is 2.89 bits per heavy atom. The molecule has 2 aromatic heterocycles. The Labute approximate surface area is 155 Å². The Hall–Kier alpha value is -2.87. The van der Waals surface area contributed by atoms with E-state index in [9.17, 15) is 9.18 Å². The third kappa shape index (κ3) is 3.95. The molecule has 8 heteroatoms. The van der Waals surface area contributed by atoms with Gasteiger partial charge in [0.05, 0.1) is 18.3 Å². The molecule has 0 bridgehead atoms. The van der Waals surface area contributed by atoms with Gasteiger partial charge in [-0.2, -0.15) is 10.1 Å². The second kappa shape index (κ2) is 7.40. The van der Waals surface area contributed by atoms with Gasteiger partial charge in [-0.25, -0.2) is 4.39 Å². The highest BCUT2D eigenvalue weighted by molar-refractivity contribution is 5.96. The Bertz CT molecular complexity index is 934. The van der Waals surface area contributed by atoms with Crippen molar-refractivity contribution in [1.82, 2.24) is 24.8 Å². The molecule has 0 spiro atoms. The lowest BCUT2D eigenvalue weighted by Gasteiger charge is -2.21. The average molecular weight is 369 g/mol. The van der Waals surface area contributed by atoms with Crippen molar-refractivity contribution in [3.05, 3.63) is 53.9 Å². The van der Waals surface area contributed by atoms with Crippen LogP contribution in [0.15, 0.2) is 41.2 Å². The van der Waals surface area contributed by atoms with Gasteiger partial charge in [-0.05, 0) is 43.7 Å². The topological polar surface area (TPSA) is 77.0 Å². The van der Waals surface area contributed by atoms with Crippen LogP contribution in [0.2, 0.25) is 0 Å². The lowest BCUT2D eigenvalue weighted by Crippen LogP contribution is -2.31. The van der Waals surface area contributed by atoms with Crippen LogP contribution in [0.4, 0.5) is 4.39 Å². The Balaban J connectivity index is 1.41. The lowest BCUT2D eigenvalue weighted by atomic mass is 10.0. The molecule has 1 atom stereocenters. The van der Waals surface area contributed by atoms with Crippen LogP contribution in [-0.2, 0) is 13.6 Å². The second-order valence-corrected chi connectivity index (χ2v) is 6.82. The lowest BCUT2D eigenvalue weighted by molar-refractivity contribution is 0.0932. The number of hydrogen-bond acceptors (Lipinski definition) is 6. The van der Waals surface area contributed by atoms with E-state index in [0.29, 0.717) is 35.8 Å². The highest BCUT2D eigenvalue weighted by Gasteiger charge is 2.28. The highest BCUT2D eigenvalue weighted by atomic mass is 19.1. The van der Waals surface area contributed by atoms with Gasteiger partial charge in [0.15, 0.2) is 5.78 Å². The van der Waals surface area contributed by atoms with Crippen LogP contribution in [0.5, 0.6) is 0 Å². The first-order chi connectivity index (χ1) is 13.1. The number of carbonyl (C=O) groups is 1. The number of likely N-dealkylation sites (tertiary alicyclic amines) is 1. The number of aromatic nitrogens is 4. The van der Waals surface area contributed by atoms with Crippen molar-refractivity contribution in [3.63, 3.8) is 0 Å². The smallest absolute Gasteiger partial charge is 0.241 e. The summed E-state index contributed by atoms with van der Waals surface area (Å²) in [6.07, 6.45) is 5.79. The number of rotatable bonds is 6. The van der Waals surface area contributed by atoms with Crippen LogP contribution in [0.3, 0.4) is 0 Å². The summed E-state index contributed by atoms with van der Waals surface area (Å²) in [6, 6.07) is 6.13. The molecular formula is C19H20FN5O2. The fourth-order valence-corrected chi connectivity index (χ4v) is 3.44. The van der Waals surface area contributed by atoms with Crippen molar-refractivity contribution in [1.29, 1.82) is 0 Å². The molecule has 1 saturated heterocycles. The molecule has 27 heavy (non-hydrogen) atoms. The number of ketones is 1. The van der Waals surface area contributed by atoms with Crippen LogP contribution in [0.1, 0.15) is 35.5 Å². The number of hydrogen-bond donors (Lipinski definition) is 0. The average Bonchev–Trinajstić information content (AvgIpc) is 3.38. The molecule has 140 valence electrons. The molecule has 1 aliphatic heterocycles. The van der Waals surface area contributed by atoms with Gasteiger partial charge in [0.2, 0.25) is 11.7 Å². The van der Waals surface area contributed by atoms with Crippen molar-refractivity contribution in [3.8, 4) is 11.4 Å². The van der Waals surface area contributed by atoms with E-state index in [1.807, 2.05) is 0 Å². The highest BCUT2D eigenvalue weighted by Crippen LogP contribution is 2.24. The largest absolute Gasteiger partial charge is 0.338 e. The molecule has 1 aliphatic rings. The first-order valence-corrected chi connectivity index (χ1v) is 8.93. The molecule has 0 N–H and O–H groups in total. The van der Waals surface area contributed by atoms with Crippen molar-refractivity contribution >= 4 is 5.78 Å². The maximum absolute atomic E-state index is 13.0. The first-order valence-electron chi connectivity index (χ1n) is 8.93. The number of carbonyl (C=O) groups excluding carboxylic acids is 1. The molecular weight excluding hydrogens is 349 g/mol. The third-order valence-corrected chi connectivity index (χ3v) is 4.86. The number of benzene rings is 1. The molecule has 3 heterocycles. The van der Waals surface area contributed by atoms with E-state index in [4.69, 9.17) is 4.52 Å². The van der Waals surface area contributed by atoms with Crippen molar-refractivity contribution in [2.24, 2.45) is 7.05 Å². The van der Waals surface area contributed by atoms with Crippen LogP contribution in [0.25, 0.3) is 11.4 Å². The zero-order valence-electron chi connectivity index (χ0n) is 15.0. The summed E-state index contributed by atoms with van der Waals surface area (Å²) in [5.74, 6) is 0.723. The number of aryl methyl sites for hydroxylation is 1. The summed E-state index contributed by atoms with van der Waals surface area (Å²) in [5, 5.41) is 8.04. The summed E-state index contributed by atoms with van der Waals surface area (Å²) in [6.45, 7) is 1.39. The van der Waals surface area contributed by atoms with E-state index >= 15 is 0 Å². The summed E-state index contributed by atoms with van der Waals surface area (Å²) in [4.78, 5) is 19.1. The van der Waals surface area contributed by atoms with Crippen LogP contribution in [-0.4, -0.2) is 43.2 Å². The van der Waals surface area contributed by atoms with E-state index in [1.165, 1.54) is 12.1 Å². The van der Waals surface area contributed by atoms with E-state index < -0.39 is 0 Å².